The molecule has 25 heavy (non-hydrogen) atoms. The molecule has 0 aliphatic carbocycles. The Kier molecular flexibility index (Phi) is 4.01. The molecule has 1 atom stereocenters. The van der Waals surface area contributed by atoms with E-state index in [1.165, 1.54) is 0 Å². The van der Waals surface area contributed by atoms with Crippen LogP contribution in [0.1, 0.15) is 41.4 Å². The van der Waals surface area contributed by atoms with E-state index in [9.17, 15) is 9.90 Å². The summed E-state index contributed by atoms with van der Waals surface area (Å²) in [4.78, 5) is 11.8. The molecule has 0 spiro atoms. The third-order valence-corrected chi connectivity index (χ3v) is 4.73. The summed E-state index contributed by atoms with van der Waals surface area (Å²) in [5, 5.41) is 14.8. The highest BCUT2D eigenvalue weighted by atomic mass is 16.5. The zero-order valence-electron chi connectivity index (χ0n) is 14.1. The Hall–Kier alpha value is -2.66. The molecule has 2 aromatic carbocycles. The summed E-state index contributed by atoms with van der Waals surface area (Å²) in [5.41, 5.74) is 4.10. The molecule has 3 aromatic rings. The van der Waals surface area contributed by atoms with Crippen molar-refractivity contribution in [3.63, 3.8) is 0 Å². The number of aryl methyl sites for hydroxylation is 1. The highest BCUT2D eigenvalue weighted by molar-refractivity contribution is 6.04. The quantitative estimate of drug-likeness (QED) is 0.769. The van der Waals surface area contributed by atoms with Gasteiger partial charge in [0.25, 0.3) is 0 Å². The molecular formula is C20H20N2O3. The Morgan fingerprint density at radius 2 is 2.12 bits per heavy atom. The minimum absolute atomic E-state index is 0.124. The Bertz CT molecular complexity index is 939. The molecule has 0 bridgehead atoms. The van der Waals surface area contributed by atoms with Crippen molar-refractivity contribution in [2.24, 2.45) is 0 Å². The van der Waals surface area contributed by atoms with E-state index in [0.29, 0.717) is 5.39 Å². The van der Waals surface area contributed by atoms with Crippen LogP contribution in [-0.2, 0) is 4.74 Å². The van der Waals surface area contributed by atoms with Gasteiger partial charge in [-0.1, -0.05) is 29.8 Å². The number of aromatic carboxylic acids is 1. The highest BCUT2D eigenvalue weighted by Gasteiger charge is 2.21. The van der Waals surface area contributed by atoms with Gasteiger partial charge in [-0.25, -0.2) is 9.48 Å². The minimum atomic E-state index is -0.941. The van der Waals surface area contributed by atoms with Gasteiger partial charge in [-0.3, -0.25) is 0 Å². The topological polar surface area (TPSA) is 64.3 Å². The van der Waals surface area contributed by atoms with Crippen LogP contribution < -0.4 is 0 Å². The van der Waals surface area contributed by atoms with Crippen molar-refractivity contribution in [1.82, 2.24) is 9.78 Å². The van der Waals surface area contributed by atoms with Crippen molar-refractivity contribution < 1.29 is 14.6 Å². The number of carboxylic acid groups (broad SMARTS) is 1. The van der Waals surface area contributed by atoms with Gasteiger partial charge in [0.05, 0.1) is 17.3 Å². The number of aromatic nitrogens is 2. The maximum Gasteiger partial charge on any atom is 0.336 e. The van der Waals surface area contributed by atoms with Crippen LogP contribution in [-0.4, -0.2) is 27.5 Å². The van der Waals surface area contributed by atoms with Crippen molar-refractivity contribution in [3.8, 4) is 11.1 Å². The van der Waals surface area contributed by atoms with Crippen molar-refractivity contribution in [2.45, 2.75) is 32.4 Å². The van der Waals surface area contributed by atoms with Crippen LogP contribution in [0.4, 0.5) is 0 Å². The lowest BCUT2D eigenvalue weighted by Gasteiger charge is -2.23. The maximum atomic E-state index is 11.8. The van der Waals surface area contributed by atoms with Crippen molar-refractivity contribution in [3.05, 3.63) is 53.7 Å². The van der Waals surface area contributed by atoms with Gasteiger partial charge in [0, 0.05) is 12.0 Å². The van der Waals surface area contributed by atoms with Crippen molar-refractivity contribution >= 4 is 16.9 Å². The molecule has 0 amide bonds. The third kappa shape index (κ3) is 2.91. The number of hydrogen-bond acceptors (Lipinski definition) is 3. The van der Waals surface area contributed by atoms with E-state index in [0.717, 1.165) is 48.1 Å². The molecule has 1 N–H and O–H groups in total. The normalized spacial score (nSPS) is 17.7. The van der Waals surface area contributed by atoms with E-state index in [-0.39, 0.29) is 11.8 Å². The van der Waals surface area contributed by atoms with Crippen LogP contribution in [0.5, 0.6) is 0 Å². The van der Waals surface area contributed by atoms with Gasteiger partial charge in [-0.2, -0.15) is 5.10 Å². The van der Waals surface area contributed by atoms with E-state index < -0.39 is 5.97 Å². The number of ether oxygens (including phenoxy) is 1. The molecule has 0 saturated carbocycles. The van der Waals surface area contributed by atoms with E-state index in [1.54, 1.807) is 12.3 Å². The fourth-order valence-electron chi connectivity index (χ4n) is 3.46. The standard InChI is InChI=1S/C20H20N2O3/c1-13-5-4-6-14(9-13)15-10-16(20(23)24)17-12-21-22(18(17)11-15)19-7-2-3-8-25-19/h4-6,9-12,19H,2-3,7-8H2,1H3,(H,23,24). The number of carbonyl (C=O) groups is 1. The largest absolute Gasteiger partial charge is 0.478 e. The van der Waals surface area contributed by atoms with Crippen molar-refractivity contribution in [1.29, 1.82) is 0 Å². The molecule has 1 aromatic heterocycles. The summed E-state index contributed by atoms with van der Waals surface area (Å²) in [6.07, 6.45) is 4.56. The lowest BCUT2D eigenvalue weighted by atomic mass is 9.99. The van der Waals surface area contributed by atoms with Gasteiger partial charge in [0.2, 0.25) is 0 Å². The van der Waals surface area contributed by atoms with E-state index >= 15 is 0 Å². The predicted molar refractivity (Wildman–Crippen MR) is 95.7 cm³/mol. The molecule has 1 saturated heterocycles. The molecule has 5 nitrogen and oxygen atoms in total. The van der Waals surface area contributed by atoms with Gasteiger partial charge in [0.15, 0.2) is 6.23 Å². The average molecular weight is 336 g/mol. The maximum absolute atomic E-state index is 11.8. The van der Waals surface area contributed by atoms with Crippen LogP contribution in [0.3, 0.4) is 0 Å². The number of nitrogens with zero attached hydrogens (tertiary/aromatic N) is 2. The Labute approximate surface area is 145 Å². The molecular weight excluding hydrogens is 316 g/mol. The molecule has 128 valence electrons. The summed E-state index contributed by atoms with van der Waals surface area (Å²) in [7, 11) is 0. The smallest absolute Gasteiger partial charge is 0.336 e. The van der Waals surface area contributed by atoms with Gasteiger partial charge in [0.1, 0.15) is 0 Å². The fraction of sp³-hybridized carbons (Fsp3) is 0.300. The summed E-state index contributed by atoms with van der Waals surface area (Å²) >= 11 is 0. The first-order valence-corrected chi connectivity index (χ1v) is 8.57. The zero-order valence-corrected chi connectivity index (χ0v) is 14.1. The van der Waals surface area contributed by atoms with Crippen LogP contribution in [0.15, 0.2) is 42.6 Å². The molecule has 1 aliphatic rings. The molecule has 4 rings (SSSR count). The lowest BCUT2D eigenvalue weighted by molar-refractivity contribution is -0.0366. The summed E-state index contributed by atoms with van der Waals surface area (Å²) < 4.78 is 7.68. The lowest BCUT2D eigenvalue weighted by Crippen LogP contribution is -2.19. The monoisotopic (exact) mass is 336 g/mol. The predicted octanol–water partition coefficient (Wildman–Crippen LogP) is 4.41. The molecule has 1 unspecified atom stereocenters. The van der Waals surface area contributed by atoms with Crippen LogP contribution >= 0.6 is 0 Å². The molecule has 5 heteroatoms. The fourth-order valence-corrected chi connectivity index (χ4v) is 3.46. The third-order valence-electron chi connectivity index (χ3n) is 4.73. The van der Waals surface area contributed by atoms with Crippen LogP contribution in [0, 0.1) is 6.92 Å². The molecule has 1 fully saturated rings. The van der Waals surface area contributed by atoms with E-state index in [2.05, 4.69) is 11.2 Å². The SMILES string of the molecule is Cc1cccc(-c2cc(C(=O)O)c3cnn(C4CCCCO4)c3c2)c1. The van der Waals surface area contributed by atoms with Crippen LogP contribution in [0.25, 0.3) is 22.0 Å². The van der Waals surface area contributed by atoms with E-state index in [4.69, 9.17) is 4.74 Å². The summed E-state index contributed by atoms with van der Waals surface area (Å²) in [6.45, 7) is 2.75. The second kappa shape index (κ2) is 6.33. The number of rotatable bonds is 3. The van der Waals surface area contributed by atoms with Gasteiger partial charge < -0.3 is 9.84 Å². The first-order chi connectivity index (χ1) is 12.1. The summed E-state index contributed by atoms with van der Waals surface area (Å²) in [5.74, 6) is -0.941. The second-order valence-corrected chi connectivity index (χ2v) is 6.54. The Morgan fingerprint density at radius 3 is 2.84 bits per heavy atom. The number of hydrogen-bond donors (Lipinski definition) is 1. The Morgan fingerprint density at radius 1 is 1.24 bits per heavy atom. The van der Waals surface area contributed by atoms with Gasteiger partial charge in [-0.15, -0.1) is 0 Å². The van der Waals surface area contributed by atoms with Gasteiger partial charge >= 0.3 is 5.97 Å². The Balaban J connectivity index is 1.91. The molecule has 0 radical (unpaired) electrons. The first-order valence-electron chi connectivity index (χ1n) is 8.57. The molecule has 2 heterocycles. The van der Waals surface area contributed by atoms with Gasteiger partial charge in [-0.05, 0) is 49.4 Å². The molecule has 1 aliphatic heterocycles. The second-order valence-electron chi connectivity index (χ2n) is 6.54. The van der Waals surface area contributed by atoms with Crippen molar-refractivity contribution in [2.75, 3.05) is 6.61 Å². The first kappa shape index (κ1) is 15.8. The number of benzene rings is 2. The highest BCUT2D eigenvalue weighted by Crippen LogP contribution is 2.32. The van der Waals surface area contributed by atoms with E-state index in [1.807, 2.05) is 35.9 Å². The number of carboxylic acids is 1. The average Bonchev–Trinajstić information content (AvgIpc) is 3.05. The minimum Gasteiger partial charge on any atom is -0.478 e. The zero-order chi connectivity index (χ0) is 17.4. The summed E-state index contributed by atoms with van der Waals surface area (Å²) in [6, 6.07) is 11.8. The van der Waals surface area contributed by atoms with Crippen LogP contribution in [0.2, 0.25) is 0 Å². The number of fused-ring (bicyclic) bond motifs is 1.